The van der Waals surface area contributed by atoms with E-state index < -0.39 is 18.6 Å². The van der Waals surface area contributed by atoms with Gasteiger partial charge in [0.1, 0.15) is 6.04 Å². The van der Waals surface area contributed by atoms with Crippen molar-refractivity contribution >= 4 is 11.9 Å². The maximum atomic E-state index is 11.6. The van der Waals surface area contributed by atoms with Crippen LogP contribution >= 0.6 is 0 Å². The number of nitrogens with one attached hydrogen (secondary N) is 1. The molecule has 0 aromatic heterocycles. The van der Waals surface area contributed by atoms with Gasteiger partial charge < -0.3 is 15.5 Å². The number of carboxylic acid groups (broad SMARTS) is 1. The highest BCUT2D eigenvalue weighted by atomic mass is 16.4. The van der Waals surface area contributed by atoms with Gasteiger partial charge in [-0.25, -0.2) is 4.79 Å². The van der Waals surface area contributed by atoms with E-state index in [1.165, 1.54) is 83.5 Å². The summed E-state index contributed by atoms with van der Waals surface area (Å²) in [6.07, 6.45) is 20.9. The molecule has 160 valence electrons. The number of rotatable bonds is 20. The number of hydrogen-bond acceptors (Lipinski definition) is 3. The van der Waals surface area contributed by atoms with Gasteiger partial charge in [-0.2, -0.15) is 0 Å². The van der Waals surface area contributed by atoms with Gasteiger partial charge in [0.2, 0.25) is 5.91 Å². The molecule has 0 saturated heterocycles. The van der Waals surface area contributed by atoms with E-state index in [0.717, 1.165) is 19.3 Å². The summed E-state index contributed by atoms with van der Waals surface area (Å²) in [6.45, 7) is 1.69. The molecule has 0 aromatic carbocycles. The molecule has 0 rings (SSSR count). The van der Waals surface area contributed by atoms with Crippen LogP contribution in [-0.2, 0) is 9.59 Å². The Morgan fingerprint density at radius 2 is 1.07 bits per heavy atom. The number of carbonyl (C=O) groups is 2. The molecule has 1 amide bonds. The Bertz CT molecular complexity index is 360. The summed E-state index contributed by atoms with van der Waals surface area (Å²) in [6, 6.07) is -1.18. The van der Waals surface area contributed by atoms with Crippen LogP contribution in [0.25, 0.3) is 0 Å². The Morgan fingerprint density at radius 3 is 1.41 bits per heavy atom. The van der Waals surface area contributed by atoms with E-state index in [2.05, 4.69) is 12.2 Å². The Balaban J connectivity index is 3.25. The Kier molecular flexibility index (Phi) is 18.9. The number of unbranched alkanes of at least 4 members (excludes halogenated alkanes) is 15. The van der Waals surface area contributed by atoms with Crippen LogP contribution in [0.15, 0.2) is 0 Å². The maximum Gasteiger partial charge on any atom is 0.328 e. The average molecular weight is 386 g/mol. The molecule has 0 saturated carbocycles. The van der Waals surface area contributed by atoms with E-state index in [1.807, 2.05) is 0 Å². The van der Waals surface area contributed by atoms with Gasteiger partial charge in [-0.3, -0.25) is 4.79 Å². The molecular formula is C22H43NO4. The van der Waals surface area contributed by atoms with Crippen molar-refractivity contribution in [3.05, 3.63) is 0 Å². The third kappa shape index (κ3) is 18.0. The molecule has 0 radical (unpaired) electrons. The van der Waals surface area contributed by atoms with Gasteiger partial charge in [-0.05, 0) is 6.42 Å². The van der Waals surface area contributed by atoms with Crippen LogP contribution in [0.3, 0.4) is 0 Å². The number of carbonyl (C=O) groups excluding carboxylic acids is 1. The van der Waals surface area contributed by atoms with Crippen LogP contribution < -0.4 is 5.32 Å². The monoisotopic (exact) mass is 385 g/mol. The summed E-state index contributed by atoms with van der Waals surface area (Å²) in [5.74, 6) is -1.49. The summed E-state index contributed by atoms with van der Waals surface area (Å²) in [5, 5.41) is 20.0. The van der Waals surface area contributed by atoms with Gasteiger partial charge in [0.15, 0.2) is 0 Å². The second-order valence-electron chi connectivity index (χ2n) is 7.69. The quantitative estimate of drug-likeness (QED) is 0.251. The van der Waals surface area contributed by atoms with Crippen molar-refractivity contribution < 1.29 is 19.8 Å². The number of aliphatic hydroxyl groups is 1. The molecule has 0 heterocycles. The molecule has 0 aliphatic heterocycles. The number of carboxylic acids is 1. The predicted octanol–water partition coefficient (Wildman–Crippen LogP) is 5.20. The Morgan fingerprint density at radius 1 is 0.704 bits per heavy atom. The molecule has 27 heavy (non-hydrogen) atoms. The minimum absolute atomic E-state index is 0.290. The molecule has 0 unspecified atom stereocenters. The fourth-order valence-corrected chi connectivity index (χ4v) is 3.29. The number of aliphatic carboxylic acids is 1. The van der Waals surface area contributed by atoms with Crippen molar-refractivity contribution in [1.82, 2.24) is 5.32 Å². The van der Waals surface area contributed by atoms with Crippen molar-refractivity contribution in [2.75, 3.05) is 6.61 Å². The van der Waals surface area contributed by atoms with Crippen LogP contribution in [0.4, 0.5) is 0 Å². The minimum atomic E-state index is -1.20. The van der Waals surface area contributed by atoms with Crippen molar-refractivity contribution in [2.24, 2.45) is 0 Å². The van der Waals surface area contributed by atoms with Gasteiger partial charge in [-0.1, -0.05) is 103 Å². The summed E-state index contributed by atoms with van der Waals surface area (Å²) in [4.78, 5) is 22.3. The first-order chi connectivity index (χ1) is 13.1. The maximum absolute atomic E-state index is 11.6. The van der Waals surface area contributed by atoms with E-state index in [1.54, 1.807) is 0 Å². The molecule has 5 nitrogen and oxygen atoms in total. The molecule has 0 spiro atoms. The smallest absolute Gasteiger partial charge is 0.328 e. The lowest BCUT2D eigenvalue weighted by atomic mass is 10.0. The lowest BCUT2D eigenvalue weighted by Crippen LogP contribution is -2.43. The molecular weight excluding hydrogens is 342 g/mol. The van der Waals surface area contributed by atoms with E-state index in [4.69, 9.17) is 10.2 Å². The van der Waals surface area contributed by atoms with E-state index in [-0.39, 0.29) is 5.91 Å². The van der Waals surface area contributed by atoms with Crippen molar-refractivity contribution in [1.29, 1.82) is 0 Å². The third-order valence-corrected chi connectivity index (χ3v) is 5.07. The fourth-order valence-electron chi connectivity index (χ4n) is 3.29. The topological polar surface area (TPSA) is 86.6 Å². The molecule has 3 N–H and O–H groups in total. The highest BCUT2D eigenvalue weighted by Crippen LogP contribution is 2.14. The van der Waals surface area contributed by atoms with Gasteiger partial charge in [0.05, 0.1) is 6.61 Å². The molecule has 1 atom stereocenters. The fraction of sp³-hybridized carbons (Fsp3) is 0.909. The van der Waals surface area contributed by atoms with Gasteiger partial charge >= 0.3 is 5.97 Å². The van der Waals surface area contributed by atoms with Crippen LogP contribution in [0.5, 0.6) is 0 Å². The average Bonchev–Trinajstić information content (AvgIpc) is 2.65. The summed E-state index contributed by atoms with van der Waals surface area (Å²) >= 11 is 0. The highest BCUT2D eigenvalue weighted by Gasteiger charge is 2.17. The van der Waals surface area contributed by atoms with E-state index in [0.29, 0.717) is 6.42 Å². The Labute approximate surface area is 166 Å². The molecule has 0 aromatic rings. The van der Waals surface area contributed by atoms with Crippen molar-refractivity contribution in [3.8, 4) is 0 Å². The van der Waals surface area contributed by atoms with E-state index >= 15 is 0 Å². The molecule has 0 bridgehead atoms. The SMILES string of the molecule is CCCCCCCCCCCCCCCCCCC(=O)N[C@@H](CO)C(=O)O. The third-order valence-electron chi connectivity index (χ3n) is 5.07. The van der Waals surface area contributed by atoms with Gasteiger partial charge in [-0.15, -0.1) is 0 Å². The van der Waals surface area contributed by atoms with Gasteiger partial charge in [0.25, 0.3) is 0 Å². The second-order valence-corrected chi connectivity index (χ2v) is 7.69. The standard InChI is InChI=1S/C22H43NO4/c1-2-3-4-5-6-7-8-9-10-11-12-13-14-15-16-17-18-21(25)23-20(19-24)22(26)27/h20,24H,2-19H2,1H3,(H,23,25)(H,26,27)/t20-/m0/s1. The normalized spacial score (nSPS) is 12.1. The number of aliphatic hydroxyl groups excluding tert-OH is 1. The molecule has 0 aliphatic rings. The zero-order chi connectivity index (χ0) is 20.2. The van der Waals surface area contributed by atoms with Crippen LogP contribution in [-0.4, -0.2) is 34.7 Å². The number of amides is 1. The van der Waals surface area contributed by atoms with Crippen molar-refractivity contribution in [3.63, 3.8) is 0 Å². The van der Waals surface area contributed by atoms with Gasteiger partial charge in [0, 0.05) is 6.42 Å². The minimum Gasteiger partial charge on any atom is -0.480 e. The van der Waals surface area contributed by atoms with Crippen LogP contribution in [0.2, 0.25) is 0 Å². The van der Waals surface area contributed by atoms with E-state index in [9.17, 15) is 9.59 Å². The zero-order valence-corrected chi connectivity index (χ0v) is 17.5. The van der Waals surface area contributed by atoms with Crippen LogP contribution in [0.1, 0.15) is 116 Å². The van der Waals surface area contributed by atoms with Crippen LogP contribution in [0, 0.1) is 0 Å². The Hall–Kier alpha value is -1.10. The molecule has 0 fully saturated rings. The molecule has 0 aliphatic carbocycles. The first-order valence-electron chi connectivity index (χ1n) is 11.2. The molecule has 5 heteroatoms. The predicted molar refractivity (Wildman–Crippen MR) is 111 cm³/mol. The lowest BCUT2D eigenvalue weighted by Gasteiger charge is -2.11. The summed E-state index contributed by atoms with van der Waals surface area (Å²) < 4.78 is 0. The lowest BCUT2D eigenvalue weighted by molar-refractivity contribution is -0.142. The summed E-state index contributed by atoms with van der Waals surface area (Å²) in [7, 11) is 0. The number of hydrogen-bond donors (Lipinski definition) is 3. The first-order valence-corrected chi connectivity index (χ1v) is 11.2. The zero-order valence-electron chi connectivity index (χ0n) is 17.5. The second kappa shape index (κ2) is 19.7. The highest BCUT2D eigenvalue weighted by molar-refractivity contribution is 5.83. The van der Waals surface area contributed by atoms with Crippen molar-refractivity contribution in [2.45, 2.75) is 122 Å². The summed E-state index contributed by atoms with van der Waals surface area (Å²) in [5.41, 5.74) is 0. The largest absolute Gasteiger partial charge is 0.480 e. The first kappa shape index (κ1) is 25.9.